The van der Waals surface area contributed by atoms with Gasteiger partial charge in [-0.1, -0.05) is 48.0 Å². The van der Waals surface area contributed by atoms with Gasteiger partial charge in [0.2, 0.25) is 0 Å². The number of likely N-dealkylation sites (tertiary alicyclic amines) is 1. The van der Waals surface area contributed by atoms with Crippen LogP contribution >= 0.6 is 11.6 Å². The molecule has 5 rings (SSSR count). The highest BCUT2D eigenvalue weighted by atomic mass is 35.5. The minimum absolute atomic E-state index is 0.00704. The van der Waals surface area contributed by atoms with Crippen molar-refractivity contribution in [3.63, 3.8) is 0 Å². The van der Waals surface area contributed by atoms with Crippen LogP contribution in [0.1, 0.15) is 34.1 Å². The lowest BCUT2D eigenvalue weighted by Crippen LogP contribution is -2.29. The van der Waals surface area contributed by atoms with Gasteiger partial charge in [-0.3, -0.25) is 9.59 Å². The van der Waals surface area contributed by atoms with E-state index in [0.29, 0.717) is 34.3 Å². The number of hydrogen-bond acceptors (Lipinski definition) is 5. The first-order valence-electron chi connectivity index (χ1n) is 11.8. The molecule has 6 nitrogen and oxygen atoms in total. The number of halogens is 1. The van der Waals surface area contributed by atoms with Gasteiger partial charge in [0.15, 0.2) is 0 Å². The second kappa shape index (κ2) is 10.4. The average molecular weight is 514 g/mol. The maximum atomic E-state index is 13.2. The molecule has 1 fully saturated rings. The molecule has 0 radical (unpaired) electrons. The molecule has 2 heterocycles. The molecular formula is C30H24ClNO5. The maximum absolute atomic E-state index is 13.2. The van der Waals surface area contributed by atoms with Crippen molar-refractivity contribution in [1.82, 2.24) is 4.90 Å². The second-order valence-electron chi connectivity index (χ2n) is 8.80. The molecule has 1 aliphatic heterocycles. The van der Waals surface area contributed by atoms with Crippen molar-refractivity contribution in [2.24, 2.45) is 0 Å². The predicted octanol–water partition coefficient (Wildman–Crippen LogP) is 6.44. The zero-order valence-electron chi connectivity index (χ0n) is 20.1. The van der Waals surface area contributed by atoms with Crippen molar-refractivity contribution in [3.05, 3.63) is 130 Å². The predicted molar refractivity (Wildman–Crippen MR) is 140 cm³/mol. The highest BCUT2D eigenvalue weighted by Crippen LogP contribution is 2.41. The molecule has 1 atom stereocenters. The lowest BCUT2D eigenvalue weighted by molar-refractivity contribution is -0.140. The summed E-state index contributed by atoms with van der Waals surface area (Å²) in [4.78, 5) is 27.7. The smallest absolute Gasteiger partial charge is 0.296 e. The van der Waals surface area contributed by atoms with Crippen LogP contribution in [0.5, 0.6) is 5.75 Å². The number of ketones is 1. The van der Waals surface area contributed by atoms with Crippen molar-refractivity contribution >= 4 is 29.1 Å². The molecule has 1 unspecified atom stereocenters. The first kappa shape index (κ1) is 24.4. The number of benzene rings is 3. The lowest BCUT2D eigenvalue weighted by atomic mass is 9.95. The van der Waals surface area contributed by atoms with Gasteiger partial charge in [0, 0.05) is 10.6 Å². The third kappa shape index (κ3) is 5.01. The third-order valence-electron chi connectivity index (χ3n) is 6.39. The fourth-order valence-electron chi connectivity index (χ4n) is 4.43. The summed E-state index contributed by atoms with van der Waals surface area (Å²) >= 11 is 6.23. The highest BCUT2D eigenvalue weighted by Gasteiger charge is 2.46. The van der Waals surface area contributed by atoms with E-state index in [9.17, 15) is 14.7 Å². The second-order valence-corrected chi connectivity index (χ2v) is 9.24. The summed E-state index contributed by atoms with van der Waals surface area (Å²) in [6.07, 6.45) is 1.50. The van der Waals surface area contributed by atoms with Crippen LogP contribution in [0.25, 0.3) is 5.76 Å². The SMILES string of the molecule is Cc1ccccc1COc1ccc(C(O)=C2C(=O)C(=O)N(Cc3ccco3)C2c2cccc(Cl)c2)cc1. The number of amides is 1. The van der Waals surface area contributed by atoms with Gasteiger partial charge in [-0.25, -0.2) is 0 Å². The third-order valence-corrected chi connectivity index (χ3v) is 6.63. The fourth-order valence-corrected chi connectivity index (χ4v) is 4.63. The Hall–Kier alpha value is -4.29. The number of furan rings is 1. The Balaban J connectivity index is 1.47. The molecule has 1 N–H and O–H groups in total. The fraction of sp³-hybridized carbons (Fsp3) is 0.133. The molecule has 4 aromatic rings. The number of aryl methyl sites for hydroxylation is 1. The Kier molecular flexibility index (Phi) is 6.84. The van der Waals surface area contributed by atoms with Crippen LogP contribution < -0.4 is 4.74 Å². The van der Waals surface area contributed by atoms with Gasteiger partial charge < -0.3 is 19.2 Å². The first-order chi connectivity index (χ1) is 17.9. The summed E-state index contributed by atoms with van der Waals surface area (Å²) < 4.78 is 11.3. The van der Waals surface area contributed by atoms with E-state index in [1.165, 1.54) is 11.2 Å². The van der Waals surface area contributed by atoms with Crippen LogP contribution in [0.2, 0.25) is 5.02 Å². The summed E-state index contributed by atoms with van der Waals surface area (Å²) in [5.74, 6) is -0.626. The Morgan fingerprint density at radius 1 is 1.00 bits per heavy atom. The van der Waals surface area contributed by atoms with E-state index in [0.717, 1.165) is 11.1 Å². The number of rotatable bonds is 7. The standard InChI is InChI=1S/C30H24ClNO5/c1-19-6-2-3-7-22(19)18-37-24-13-11-20(12-14-24)28(33)26-27(21-8-4-9-23(31)16-21)32(30(35)29(26)34)17-25-10-5-15-36-25/h2-16,27,33H,17-18H2,1H3. The number of aliphatic hydroxyl groups is 1. The molecule has 0 spiro atoms. The first-order valence-corrected chi connectivity index (χ1v) is 12.1. The molecule has 1 aromatic heterocycles. The summed E-state index contributed by atoms with van der Waals surface area (Å²) in [5, 5.41) is 11.7. The van der Waals surface area contributed by atoms with Crippen molar-refractivity contribution in [3.8, 4) is 5.75 Å². The minimum Gasteiger partial charge on any atom is -0.507 e. The van der Waals surface area contributed by atoms with Gasteiger partial charge in [-0.05, 0) is 72.1 Å². The summed E-state index contributed by atoms with van der Waals surface area (Å²) in [5.41, 5.74) is 3.21. The minimum atomic E-state index is -0.833. The van der Waals surface area contributed by atoms with Gasteiger partial charge >= 0.3 is 0 Å². The van der Waals surface area contributed by atoms with Gasteiger partial charge in [-0.15, -0.1) is 0 Å². The monoisotopic (exact) mass is 513 g/mol. The Bertz CT molecular complexity index is 1470. The summed E-state index contributed by atoms with van der Waals surface area (Å²) in [6.45, 7) is 2.50. The normalized spacial score (nSPS) is 16.8. The van der Waals surface area contributed by atoms with E-state index in [1.807, 2.05) is 31.2 Å². The molecule has 1 amide bonds. The van der Waals surface area contributed by atoms with Gasteiger partial charge in [0.1, 0.15) is 23.9 Å². The van der Waals surface area contributed by atoms with Crippen LogP contribution in [0, 0.1) is 6.92 Å². The zero-order chi connectivity index (χ0) is 25.9. The molecule has 3 aromatic carbocycles. The largest absolute Gasteiger partial charge is 0.507 e. The van der Waals surface area contributed by atoms with Gasteiger partial charge in [0.05, 0.1) is 24.4 Å². The van der Waals surface area contributed by atoms with E-state index < -0.39 is 17.7 Å². The maximum Gasteiger partial charge on any atom is 0.296 e. The molecule has 1 saturated heterocycles. The number of carbonyl (C=O) groups excluding carboxylic acids is 2. The van der Waals surface area contributed by atoms with Crippen LogP contribution in [-0.4, -0.2) is 21.7 Å². The number of Topliss-reactive ketones (excluding diaryl/α,β-unsaturated/α-hetero) is 1. The van der Waals surface area contributed by atoms with E-state index in [-0.39, 0.29) is 17.9 Å². The Morgan fingerprint density at radius 2 is 1.78 bits per heavy atom. The zero-order valence-corrected chi connectivity index (χ0v) is 20.8. The van der Waals surface area contributed by atoms with Crippen LogP contribution in [0.3, 0.4) is 0 Å². The Labute approximate surface area is 219 Å². The van der Waals surface area contributed by atoms with Crippen LogP contribution in [-0.2, 0) is 22.7 Å². The van der Waals surface area contributed by atoms with E-state index in [2.05, 4.69) is 0 Å². The molecule has 1 aliphatic rings. The van der Waals surface area contributed by atoms with E-state index in [1.54, 1.807) is 60.7 Å². The van der Waals surface area contributed by atoms with Crippen LogP contribution in [0.4, 0.5) is 0 Å². The molecule has 0 bridgehead atoms. The molecular weight excluding hydrogens is 490 g/mol. The molecule has 0 aliphatic carbocycles. The quantitative estimate of drug-likeness (QED) is 0.175. The molecule has 0 saturated carbocycles. The van der Waals surface area contributed by atoms with Crippen molar-refractivity contribution in [2.75, 3.05) is 0 Å². The molecule has 186 valence electrons. The number of aliphatic hydroxyl groups excluding tert-OH is 1. The van der Waals surface area contributed by atoms with Gasteiger partial charge in [0.25, 0.3) is 11.7 Å². The molecule has 37 heavy (non-hydrogen) atoms. The van der Waals surface area contributed by atoms with Crippen molar-refractivity contribution in [1.29, 1.82) is 0 Å². The van der Waals surface area contributed by atoms with Crippen LogP contribution in [0.15, 0.2) is 101 Å². The van der Waals surface area contributed by atoms with E-state index in [4.69, 9.17) is 20.8 Å². The Morgan fingerprint density at radius 3 is 2.49 bits per heavy atom. The van der Waals surface area contributed by atoms with Gasteiger partial charge in [-0.2, -0.15) is 0 Å². The number of hydrogen-bond donors (Lipinski definition) is 1. The van der Waals surface area contributed by atoms with Crippen molar-refractivity contribution < 1.29 is 23.8 Å². The number of nitrogens with zero attached hydrogens (tertiary/aromatic N) is 1. The summed E-state index contributed by atoms with van der Waals surface area (Å²) in [6, 6.07) is 24.3. The van der Waals surface area contributed by atoms with Crippen molar-refractivity contribution in [2.45, 2.75) is 26.1 Å². The summed E-state index contributed by atoms with van der Waals surface area (Å²) in [7, 11) is 0. The average Bonchev–Trinajstić information content (AvgIpc) is 3.50. The molecule has 7 heteroatoms. The van der Waals surface area contributed by atoms with E-state index >= 15 is 0 Å². The number of carbonyl (C=O) groups is 2. The highest BCUT2D eigenvalue weighted by molar-refractivity contribution is 6.46. The lowest BCUT2D eigenvalue weighted by Gasteiger charge is -2.24. The number of ether oxygens (including phenoxy) is 1. The topological polar surface area (TPSA) is 80.0 Å².